The fourth-order valence-electron chi connectivity index (χ4n) is 2.29. The molecule has 6 nitrogen and oxygen atoms in total. The minimum absolute atomic E-state index is 0.204. The van der Waals surface area contributed by atoms with E-state index in [1.165, 1.54) is 36.8 Å². The normalized spacial score (nSPS) is 11.2. The molecule has 0 fully saturated rings. The zero-order valence-corrected chi connectivity index (χ0v) is 18.2. The van der Waals surface area contributed by atoms with Gasteiger partial charge in [0, 0.05) is 21.1 Å². The van der Waals surface area contributed by atoms with Gasteiger partial charge in [-0.2, -0.15) is 5.10 Å². The molecule has 30 heavy (non-hydrogen) atoms. The van der Waals surface area contributed by atoms with Crippen molar-refractivity contribution in [2.75, 3.05) is 0 Å². The molecule has 0 spiro atoms. The lowest BCUT2D eigenvalue weighted by Crippen LogP contribution is -2.18. The third-order valence-electron chi connectivity index (χ3n) is 3.65. The Kier molecular flexibility index (Phi) is 7.46. The van der Waals surface area contributed by atoms with E-state index < -0.39 is 11.9 Å². The van der Waals surface area contributed by atoms with E-state index in [1.807, 2.05) is 0 Å². The van der Waals surface area contributed by atoms with Gasteiger partial charge in [-0.05, 0) is 54.6 Å². The summed E-state index contributed by atoms with van der Waals surface area (Å²) in [6, 6.07) is 12.9. The summed E-state index contributed by atoms with van der Waals surface area (Å²) in [5, 5.41) is 4.54. The van der Waals surface area contributed by atoms with Crippen LogP contribution in [0.5, 0.6) is 5.75 Å². The number of furan rings is 1. The van der Waals surface area contributed by atoms with Crippen molar-refractivity contribution < 1.29 is 18.7 Å². The molecule has 0 unspecified atom stereocenters. The fraction of sp³-hybridized carbons (Fsp3) is 0. The third-order valence-corrected chi connectivity index (χ3v) is 4.70. The predicted octanol–water partition coefficient (Wildman–Crippen LogP) is 5.73. The molecule has 0 aliphatic carbocycles. The first-order valence-corrected chi connectivity index (χ1v) is 9.98. The zero-order valence-electron chi connectivity index (χ0n) is 15.1. The molecule has 0 atom stereocenters. The van der Waals surface area contributed by atoms with E-state index in [0.29, 0.717) is 16.3 Å². The van der Waals surface area contributed by atoms with Crippen molar-refractivity contribution in [1.29, 1.82) is 0 Å². The summed E-state index contributed by atoms with van der Waals surface area (Å²) < 4.78 is 11.2. The number of hydrogen-bond acceptors (Lipinski definition) is 5. The minimum Gasteiger partial charge on any atom is -0.465 e. The summed E-state index contributed by atoms with van der Waals surface area (Å²) in [5.41, 5.74) is 3.06. The first-order valence-electron chi connectivity index (χ1n) is 8.44. The number of nitrogens with one attached hydrogen (secondary N) is 1. The molecule has 3 rings (SSSR count). The quantitative estimate of drug-likeness (QED) is 0.152. The number of carbonyl (C=O) groups is 2. The molecule has 152 valence electrons. The number of hydrazone groups is 1. The van der Waals surface area contributed by atoms with E-state index in [0.717, 1.165) is 4.47 Å². The molecule has 0 bridgehead atoms. The Hall–Kier alpha value is -2.87. The van der Waals surface area contributed by atoms with Crippen LogP contribution in [-0.2, 0) is 4.79 Å². The maximum atomic E-state index is 12.2. The van der Waals surface area contributed by atoms with Gasteiger partial charge < -0.3 is 9.15 Å². The van der Waals surface area contributed by atoms with Crippen LogP contribution < -0.4 is 10.2 Å². The van der Waals surface area contributed by atoms with Crippen molar-refractivity contribution in [2.24, 2.45) is 5.10 Å². The second-order valence-electron chi connectivity index (χ2n) is 5.78. The van der Waals surface area contributed by atoms with Crippen LogP contribution in [0.4, 0.5) is 0 Å². The molecule has 0 aliphatic heterocycles. The molecule has 2 aromatic carbocycles. The minimum atomic E-state index is -0.597. The molecule has 3 aromatic rings. The Morgan fingerprint density at radius 2 is 1.97 bits per heavy atom. The molecule has 1 heterocycles. The van der Waals surface area contributed by atoms with Crippen molar-refractivity contribution in [3.8, 4) is 5.75 Å². The number of nitrogens with zero attached hydrogens (tertiary/aromatic N) is 1. The summed E-state index contributed by atoms with van der Waals surface area (Å²) in [5.74, 6) is -0.328. The van der Waals surface area contributed by atoms with Gasteiger partial charge in [0.1, 0.15) is 11.5 Å². The monoisotopic (exact) mass is 506 g/mol. The lowest BCUT2D eigenvalue weighted by molar-refractivity contribution is -0.128. The summed E-state index contributed by atoms with van der Waals surface area (Å²) in [4.78, 5) is 24.3. The van der Waals surface area contributed by atoms with Crippen molar-refractivity contribution in [2.45, 2.75) is 0 Å². The summed E-state index contributed by atoms with van der Waals surface area (Å²) in [7, 11) is 0. The van der Waals surface area contributed by atoms with Gasteiger partial charge in [0.25, 0.3) is 5.91 Å². The van der Waals surface area contributed by atoms with Crippen molar-refractivity contribution in [1.82, 2.24) is 5.43 Å². The number of carbonyl (C=O) groups excluding carboxylic acids is 2. The van der Waals surface area contributed by atoms with Gasteiger partial charge in [0.2, 0.25) is 0 Å². The van der Waals surface area contributed by atoms with Crippen molar-refractivity contribution in [3.63, 3.8) is 0 Å². The largest absolute Gasteiger partial charge is 0.465 e. The van der Waals surface area contributed by atoms with Gasteiger partial charge in [-0.25, -0.2) is 10.2 Å². The number of hydrogen-bond donors (Lipinski definition) is 1. The van der Waals surface area contributed by atoms with Gasteiger partial charge in [0.15, 0.2) is 0 Å². The standard InChI is InChI=1S/C21H13BrCl2N2O4/c22-14-3-7-19(30-20(27)8-5-16-2-1-9-29-16)13(10-14)12-25-26-21(28)17-6-4-15(23)11-18(17)24/h1-12H,(H,26,28)/b8-5-,25-12?. The van der Waals surface area contributed by atoms with Crippen molar-refractivity contribution in [3.05, 3.63) is 92.3 Å². The Morgan fingerprint density at radius 3 is 2.70 bits per heavy atom. The van der Waals surface area contributed by atoms with Gasteiger partial charge in [-0.3, -0.25) is 4.79 Å². The number of halogens is 3. The van der Waals surface area contributed by atoms with Crippen LogP contribution in [0.1, 0.15) is 21.7 Å². The average Bonchev–Trinajstić information content (AvgIpc) is 3.22. The lowest BCUT2D eigenvalue weighted by Gasteiger charge is -2.06. The SMILES string of the molecule is O=C(/C=C\c1ccco1)Oc1ccc(Br)cc1C=NNC(=O)c1ccc(Cl)cc1Cl. The Morgan fingerprint density at radius 1 is 1.13 bits per heavy atom. The first-order chi connectivity index (χ1) is 14.4. The zero-order chi connectivity index (χ0) is 21.5. The Labute approximate surface area is 190 Å². The summed E-state index contributed by atoms with van der Waals surface area (Å²) in [6.07, 6.45) is 5.59. The van der Waals surface area contributed by atoms with Crippen LogP contribution in [0.15, 0.2) is 74.9 Å². The van der Waals surface area contributed by atoms with Gasteiger partial charge in [-0.15, -0.1) is 0 Å². The molecule has 0 saturated carbocycles. The fourth-order valence-corrected chi connectivity index (χ4v) is 3.16. The lowest BCUT2D eigenvalue weighted by atomic mass is 10.2. The number of ether oxygens (including phenoxy) is 1. The Balaban J connectivity index is 1.70. The predicted molar refractivity (Wildman–Crippen MR) is 119 cm³/mol. The number of amides is 1. The van der Waals surface area contributed by atoms with E-state index in [4.69, 9.17) is 32.4 Å². The van der Waals surface area contributed by atoms with Crippen LogP contribution in [0.3, 0.4) is 0 Å². The molecule has 1 amide bonds. The van der Waals surface area contributed by atoms with Crippen LogP contribution in [0, 0.1) is 0 Å². The molecular weight excluding hydrogens is 495 g/mol. The van der Waals surface area contributed by atoms with E-state index in [-0.39, 0.29) is 16.3 Å². The Bertz CT molecular complexity index is 1130. The highest BCUT2D eigenvalue weighted by Gasteiger charge is 2.11. The van der Waals surface area contributed by atoms with Crippen LogP contribution in [-0.4, -0.2) is 18.1 Å². The maximum Gasteiger partial charge on any atom is 0.336 e. The summed E-state index contributed by atoms with van der Waals surface area (Å²) in [6.45, 7) is 0. The summed E-state index contributed by atoms with van der Waals surface area (Å²) >= 11 is 15.2. The van der Waals surface area contributed by atoms with E-state index in [2.05, 4.69) is 26.5 Å². The van der Waals surface area contributed by atoms with E-state index in [1.54, 1.807) is 36.4 Å². The number of rotatable bonds is 6. The highest BCUT2D eigenvalue weighted by molar-refractivity contribution is 9.10. The second-order valence-corrected chi connectivity index (χ2v) is 7.53. The molecule has 0 radical (unpaired) electrons. The second kappa shape index (κ2) is 10.2. The van der Waals surface area contributed by atoms with Crippen molar-refractivity contribution >= 4 is 63.3 Å². The third kappa shape index (κ3) is 6.06. The maximum absolute atomic E-state index is 12.2. The first kappa shape index (κ1) is 21.8. The highest BCUT2D eigenvalue weighted by Crippen LogP contribution is 2.23. The molecule has 1 aromatic heterocycles. The molecular formula is C21H13BrCl2N2O4. The molecule has 0 saturated heterocycles. The molecule has 0 aliphatic rings. The number of benzene rings is 2. The van der Waals surface area contributed by atoms with Gasteiger partial charge >= 0.3 is 5.97 Å². The van der Waals surface area contributed by atoms with Crippen LogP contribution in [0.2, 0.25) is 10.0 Å². The number of esters is 1. The van der Waals surface area contributed by atoms with Gasteiger partial charge in [0.05, 0.1) is 23.1 Å². The van der Waals surface area contributed by atoms with Crippen LogP contribution >= 0.6 is 39.1 Å². The highest BCUT2D eigenvalue weighted by atomic mass is 79.9. The topological polar surface area (TPSA) is 80.9 Å². The smallest absolute Gasteiger partial charge is 0.336 e. The van der Waals surface area contributed by atoms with Gasteiger partial charge in [-0.1, -0.05) is 39.1 Å². The van der Waals surface area contributed by atoms with E-state index >= 15 is 0 Å². The van der Waals surface area contributed by atoms with Crippen LogP contribution in [0.25, 0.3) is 6.08 Å². The molecule has 1 N–H and O–H groups in total. The molecule has 9 heteroatoms. The average molecular weight is 508 g/mol. The van der Waals surface area contributed by atoms with E-state index in [9.17, 15) is 9.59 Å².